The van der Waals surface area contributed by atoms with Crippen LogP contribution in [0.15, 0.2) is 18.2 Å². The van der Waals surface area contributed by atoms with Gasteiger partial charge in [-0.15, -0.1) is 0 Å². The standard InChI is InChI=1S/C16H24ClN3O/c1-11(2)10-20(13-4-5-13)8-7-16(21)19-15-6-3-12(17)9-14(15)18/h3,6,9,11,13H,4-5,7-8,10,18H2,1-2H3,(H,19,21). The Kier molecular flexibility index (Phi) is 5.48. The number of nitrogen functional groups attached to an aromatic ring is 1. The Labute approximate surface area is 131 Å². The minimum Gasteiger partial charge on any atom is -0.397 e. The number of halogens is 1. The maximum Gasteiger partial charge on any atom is 0.225 e. The summed E-state index contributed by atoms with van der Waals surface area (Å²) in [4.78, 5) is 14.5. The van der Waals surface area contributed by atoms with E-state index in [-0.39, 0.29) is 5.91 Å². The van der Waals surface area contributed by atoms with Crippen LogP contribution < -0.4 is 11.1 Å². The van der Waals surface area contributed by atoms with Crippen molar-refractivity contribution in [1.82, 2.24) is 4.90 Å². The highest BCUT2D eigenvalue weighted by Crippen LogP contribution is 2.28. The molecule has 1 aliphatic rings. The van der Waals surface area contributed by atoms with E-state index in [1.807, 2.05) is 0 Å². The Bertz CT molecular complexity index is 500. The van der Waals surface area contributed by atoms with Crippen LogP contribution in [0.5, 0.6) is 0 Å². The molecule has 1 fully saturated rings. The summed E-state index contributed by atoms with van der Waals surface area (Å²) in [5, 5.41) is 3.43. The highest BCUT2D eigenvalue weighted by atomic mass is 35.5. The van der Waals surface area contributed by atoms with Crippen LogP contribution in [0, 0.1) is 5.92 Å². The van der Waals surface area contributed by atoms with E-state index in [0.29, 0.717) is 34.8 Å². The van der Waals surface area contributed by atoms with Crippen LogP contribution in [-0.2, 0) is 4.79 Å². The number of nitrogens with zero attached hydrogens (tertiary/aromatic N) is 1. The van der Waals surface area contributed by atoms with Gasteiger partial charge in [-0.2, -0.15) is 0 Å². The largest absolute Gasteiger partial charge is 0.397 e. The Morgan fingerprint density at radius 1 is 1.48 bits per heavy atom. The van der Waals surface area contributed by atoms with Gasteiger partial charge >= 0.3 is 0 Å². The summed E-state index contributed by atoms with van der Waals surface area (Å²) in [6.07, 6.45) is 3.02. The van der Waals surface area contributed by atoms with Crippen LogP contribution in [0.3, 0.4) is 0 Å². The third kappa shape index (κ3) is 5.21. The van der Waals surface area contributed by atoms with Crippen LogP contribution in [-0.4, -0.2) is 29.9 Å². The third-order valence-electron chi connectivity index (χ3n) is 3.58. The van der Waals surface area contributed by atoms with Crippen molar-refractivity contribution in [2.24, 2.45) is 5.92 Å². The van der Waals surface area contributed by atoms with E-state index < -0.39 is 0 Å². The molecular weight excluding hydrogens is 286 g/mol. The van der Waals surface area contributed by atoms with Crippen molar-refractivity contribution in [3.8, 4) is 0 Å². The highest BCUT2D eigenvalue weighted by Gasteiger charge is 2.29. The first-order valence-electron chi connectivity index (χ1n) is 7.54. The SMILES string of the molecule is CC(C)CN(CCC(=O)Nc1ccc(Cl)cc1N)C1CC1. The van der Waals surface area contributed by atoms with E-state index in [9.17, 15) is 4.79 Å². The maximum absolute atomic E-state index is 12.1. The number of nitrogens with one attached hydrogen (secondary N) is 1. The highest BCUT2D eigenvalue weighted by molar-refractivity contribution is 6.31. The number of anilines is 2. The Hall–Kier alpha value is -1.26. The van der Waals surface area contributed by atoms with Gasteiger partial charge in [-0.3, -0.25) is 9.69 Å². The zero-order valence-corrected chi connectivity index (χ0v) is 13.5. The molecule has 21 heavy (non-hydrogen) atoms. The van der Waals surface area contributed by atoms with E-state index in [1.54, 1.807) is 18.2 Å². The molecule has 0 spiro atoms. The second kappa shape index (κ2) is 7.14. The molecule has 3 N–H and O–H groups in total. The first-order valence-corrected chi connectivity index (χ1v) is 7.92. The predicted octanol–water partition coefficient (Wildman–Crippen LogP) is 3.37. The number of hydrogen-bond acceptors (Lipinski definition) is 3. The molecule has 0 bridgehead atoms. The summed E-state index contributed by atoms with van der Waals surface area (Å²) in [7, 11) is 0. The van der Waals surface area contributed by atoms with Crippen LogP contribution in [0.25, 0.3) is 0 Å². The van der Waals surface area contributed by atoms with E-state index >= 15 is 0 Å². The maximum atomic E-state index is 12.1. The number of carbonyl (C=O) groups excluding carboxylic acids is 1. The molecule has 0 heterocycles. The molecule has 0 saturated heterocycles. The molecule has 1 aromatic carbocycles. The minimum atomic E-state index is -0.00146. The molecule has 0 radical (unpaired) electrons. The number of amides is 1. The monoisotopic (exact) mass is 309 g/mol. The molecule has 5 heteroatoms. The van der Waals surface area contributed by atoms with Gasteiger partial charge < -0.3 is 11.1 Å². The second-order valence-corrected chi connectivity index (χ2v) is 6.59. The lowest BCUT2D eigenvalue weighted by Crippen LogP contribution is -2.33. The van der Waals surface area contributed by atoms with E-state index in [0.717, 1.165) is 13.1 Å². The lowest BCUT2D eigenvalue weighted by Gasteiger charge is -2.23. The van der Waals surface area contributed by atoms with Crippen molar-refractivity contribution in [3.05, 3.63) is 23.2 Å². The van der Waals surface area contributed by atoms with Gasteiger partial charge in [0.1, 0.15) is 0 Å². The minimum absolute atomic E-state index is 0.00146. The second-order valence-electron chi connectivity index (χ2n) is 6.15. The van der Waals surface area contributed by atoms with Gasteiger partial charge in [0.2, 0.25) is 5.91 Å². The van der Waals surface area contributed by atoms with Gasteiger partial charge in [0, 0.05) is 30.6 Å². The van der Waals surface area contributed by atoms with E-state index in [2.05, 4.69) is 24.1 Å². The number of carbonyl (C=O) groups is 1. The summed E-state index contributed by atoms with van der Waals surface area (Å²) in [6, 6.07) is 5.79. The summed E-state index contributed by atoms with van der Waals surface area (Å²) >= 11 is 5.85. The van der Waals surface area contributed by atoms with Crippen LogP contribution in [0.4, 0.5) is 11.4 Å². The molecular formula is C16H24ClN3O. The Balaban J connectivity index is 1.83. The van der Waals surface area contributed by atoms with Crippen molar-refractivity contribution >= 4 is 28.9 Å². The lowest BCUT2D eigenvalue weighted by atomic mass is 10.2. The summed E-state index contributed by atoms with van der Waals surface area (Å²) in [5.74, 6) is 0.624. The first-order chi connectivity index (χ1) is 9.95. The Morgan fingerprint density at radius 2 is 2.19 bits per heavy atom. The first kappa shape index (κ1) is 16.1. The normalized spacial score (nSPS) is 14.7. The molecule has 4 nitrogen and oxygen atoms in total. The van der Waals surface area contributed by atoms with Crippen molar-refractivity contribution in [2.45, 2.75) is 39.2 Å². The summed E-state index contributed by atoms with van der Waals surface area (Å²) < 4.78 is 0. The fourth-order valence-corrected chi connectivity index (χ4v) is 2.62. The van der Waals surface area contributed by atoms with Crippen molar-refractivity contribution in [1.29, 1.82) is 0 Å². The molecule has 0 atom stereocenters. The lowest BCUT2D eigenvalue weighted by molar-refractivity contribution is -0.116. The zero-order valence-electron chi connectivity index (χ0n) is 12.7. The molecule has 1 aliphatic carbocycles. The predicted molar refractivity (Wildman–Crippen MR) is 88.5 cm³/mol. The van der Waals surface area contributed by atoms with Gasteiger partial charge in [-0.05, 0) is 37.0 Å². The fraction of sp³-hybridized carbons (Fsp3) is 0.562. The summed E-state index contributed by atoms with van der Waals surface area (Å²) in [6.45, 7) is 6.29. The molecule has 0 unspecified atom stereocenters. The fourth-order valence-electron chi connectivity index (χ4n) is 2.44. The van der Waals surface area contributed by atoms with Crippen molar-refractivity contribution < 1.29 is 4.79 Å². The summed E-state index contributed by atoms with van der Waals surface area (Å²) in [5.41, 5.74) is 6.97. The zero-order chi connectivity index (χ0) is 15.4. The van der Waals surface area contributed by atoms with Gasteiger partial charge in [-0.25, -0.2) is 0 Å². The average Bonchev–Trinajstić information content (AvgIpc) is 3.22. The van der Waals surface area contributed by atoms with Crippen molar-refractivity contribution in [3.63, 3.8) is 0 Å². The van der Waals surface area contributed by atoms with Gasteiger partial charge in [0.25, 0.3) is 0 Å². The molecule has 116 valence electrons. The van der Waals surface area contributed by atoms with E-state index in [1.165, 1.54) is 12.8 Å². The van der Waals surface area contributed by atoms with Crippen molar-refractivity contribution in [2.75, 3.05) is 24.1 Å². The quantitative estimate of drug-likeness (QED) is 0.759. The molecule has 2 rings (SSSR count). The Morgan fingerprint density at radius 3 is 2.76 bits per heavy atom. The average molecular weight is 310 g/mol. The number of rotatable bonds is 7. The topological polar surface area (TPSA) is 58.4 Å². The van der Waals surface area contributed by atoms with Gasteiger partial charge in [0.15, 0.2) is 0 Å². The molecule has 1 saturated carbocycles. The van der Waals surface area contributed by atoms with Crippen LogP contribution in [0.1, 0.15) is 33.1 Å². The molecule has 0 aliphatic heterocycles. The number of nitrogens with two attached hydrogens (primary N) is 1. The van der Waals surface area contributed by atoms with Gasteiger partial charge in [0.05, 0.1) is 11.4 Å². The number of benzene rings is 1. The van der Waals surface area contributed by atoms with E-state index in [4.69, 9.17) is 17.3 Å². The third-order valence-corrected chi connectivity index (χ3v) is 3.81. The van der Waals surface area contributed by atoms with Crippen LogP contribution in [0.2, 0.25) is 5.02 Å². The number of hydrogen-bond donors (Lipinski definition) is 2. The van der Waals surface area contributed by atoms with Gasteiger partial charge in [-0.1, -0.05) is 25.4 Å². The molecule has 0 aromatic heterocycles. The smallest absolute Gasteiger partial charge is 0.225 e. The molecule has 1 aromatic rings. The van der Waals surface area contributed by atoms with Crippen LogP contribution >= 0.6 is 11.6 Å². The molecule has 1 amide bonds.